The van der Waals surface area contributed by atoms with Crippen LogP contribution >= 0.6 is 0 Å². The highest BCUT2D eigenvalue weighted by Crippen LogP contribution is 2.22. The molecule has 0 saturated heterocycles. The Labute approximate surface area is 75.3 Å². The highest BCUT2D eigenvalue weighted by Gasteiger charge is 2.24. The molecule has 1 N–H and O–H groups in total. The Kier molecular flexibility index (Phi) is 1.87. The lowest BCUT2D eigenvalue weighted by atomic mass is 10.1. The number of ether oxygens (including phenoxy) is 1. The number of hydrogen-bond donors (Lipinski definition) is 1. The summed E-state index contributed by atoms with van der Waals surface area (Å²) in [6.07, 6.45) is 0.306. The van der Waals surface area contributed by atoms with Crippen LogP contribution in [0.15, 0.2) is 36.4 Å². The van der Waals surface area contributed by atoms with Crippen molar-refractivity contribution in [3.05, 3.63) is 42.0 Å². The van der Waals surface area contributed by atoms with Crippen LogP contribution in [-0.4, -0.2) is 17.4 Å². The molecule has 1 aliphatic rings. The summed E-state index contributed by atoms with van der Waals surface area (Å²) in [6, 6.07) is 9.11. The quantitative estimate of drug-likeness (QED) is 0.648. The molecular weight excluding hydrogens is 168 g/mol. The molecule has 1 aromatic rings. The SMILES string of the molecule is O=C1OC(O)C=C1c1ccccc1. The first-order valence-electron chi connectivity index (χ1n) is 3.93. The van der Waals surface area contributed by atoms with E-state index in [-0.39, 0.29) is 0 Å². The molecular formula is C10H8O3. The summed E-state index contributed by atoms with van der Waals surface area (Å²) in [4.78, 5) is 11.1. The van der Waals surface area contributed by atoms with Gasteiger partial charge in [0.05, 0.1) is 5.57 Å². The molecule has 2 rings (SSSR count). The fraction of sp³-hybridized carbons (Fsp3) is 0.100. The summed E-state index contributed by atoms with van der Waals surface area (Å²) < 4.78 is 4.55. The maximum absolute atomic E-state index is 11.1. The smallest absolute Gasteiger partial charge is 0.341 e. The van der Waals surface area contributed by atoms with E-state index in [1.807, 2.05) is 18.2 Å². The summed E-state index contributed by atoms with van der Waals surface area (Å²) >= 11 is 0. The van der Waals surface area contributed by atoms with Crippen molar-refractivity contribution in [2.24, 2.45) is 0 Å². The van der Waals surface area contributed by atoms with Gasteiger partial charge in [-0.15, -0.1) is 0 Å². The molecule has 0 aromatic heterocycles. The highest BCUT2D eigenvalue weighted by atomic mass is 16.6. The second kappa shape index (κ2) is 3.03. The van der Waals surface area contributed by atoms with E-state index in [4.69, 9.17) is 5.11 Å². The molecule has 1 atom stereocenters. The molecule has 66 valence electrons. The van der Waals surface area contributed by atoms with Crippen LogP contribution < -0.4 is 0 Å². The van der Waals surface area contributed by atoms with E-state index in [0.717, 1.165) is 5.56 Å². The van der Waals surface area contributed by atoms with Crippen LogP contribution in [0.3, 0.4) is 0 Å². The molecule has 0 aliphatic carbocycles. The fourth-order valence-electron chi connectivity index (χ4n) is 1.25. The standard InChI is InChI=1S/C10H8O3/c11-9-6-8(10(12)13-9)7-4-2-1-3-5-7/h1-6,9,11H. The van der Waals surface area contributed by atoms with Gasteiger partial charge in [0.1, 0.15) is 0 Å². The molecule has 0 spiro atoms. The van der Waals surface area contributed by atoms with Crippen molar-refractivity contribution in [1.82, 2.24) is 0 Å². The van der Waals surface area contributed by atoms with E-state index in [1.165, 1.54) is 6.08 Å². The third-order valence-corrected chi connectivity index (χ3v) is 1.84. The van der Waals surface area contributed by atoms with Crippen LogP contribution in [0.1, 0.15) is 5.56 Å². The predicted octanol–water partition coefficient (Wildman–Crippen LogP) is 0.945. The van der Waals surface area contributed by atoms with Crippen molar-refractivity contribution in [3.63, 3.8) is 0 Å². The number of carbonyl (C=O) groups excluding carboxylic acids is 1. The van der Waals surface area contributed by atoms with Crippen molar-refractivity contribution < 1.29 is 14.6 Å². The van der Waals surface area contributed by atoms with E-state index in [9.17, 15) is 4.79 Å². The fourth-order valence-corrected chi connectivity index (χ4v) is 1.25. The van der Waals surface area contributed by atoms with Crippen LogP contribution in [0.5, 0.6) is 0 Å². The lowest BCUT2D eigenvalue weighted by Crippen LogP contribution is -2.05. The molecule has 0 fully saturated rings. The predicted molar refractivity (Wildman–Crippen MR) is 46.5 cm³/mol. The molecule has 1 unspecified atom stereocenters. The minimum absolute atomic E-state index is 0.424. The van der Waals surface area contributed by atoms with Crippen LogP contribution in [0.2, 0.25) is 0 Å². The number of rotatable bonds is 1. The largest absolute Gasteiger partial charge is 0.428 e. The van der Waals surface area contributed by atoms with Crippen LogP contribution in [0, 0.1) is 0 Å². The number of aliphatic hydroxyl groups excluding tert-OH is 1. The van der Waals surface area contributed by atoms with Gasteiger partial charge in [-0.1, -0.05) is 30.3 Å². The number of esters is 1. The number of aliphatic hydroxyl groups is 1. The van der Waals surface area contributed by atoms with Gasteiger partial charge in [-0.25, -0.2) is 4.79 Å². The van der Waals surface area contributed by atoms with E-state index in [2.05, 4.69) is 4.74 Å². The summed E-state index contributed by atoms with van der Waals surface area (Å²) in [7, 11) is 0. The topological polar surface area (TPSA) is 46.5 Å². The van der Waals surface area contributed by atoms with Crippen molar-refractivity contribution in [2.45, 2.75) is 6.29 Å². The third kappa shape index (κ3) is 1.46. The van der Waals surface area contributed by atoms with Crippen molar-refractivity contribution in [3.8, 4) is 0 Å². The van der Waals surface area contributed by atoms with Gasteiger partial charge in [0.2, 0.25) is 6.29 Å². The van der Waals surface area contributed by atoms with Crippen LogP contribution in [0.25, 0.3) is 5.57 Å². The molecule has 0 bridgehead atoms. The summed E-state index contributed by atoms with van der Waals surface area (Å²) in [5.74, 6) is -0.473. The third-order valence-electron chi connectivity index (χ3n) is 1.84. The molecule has 3 nitrogen and oxygen atoms in total. The van der Waals surface area contributed by atoms with Gasteiger partial charge >= 0.3 is 5.97 Å². The average molecular weight is 176 g/mol. The monoisotopic (exact) mass is 176 g/mol. The van der Waals surface area contributed by atoms with E-state index >= 15 is 0 Å². The molecule has 1 aliphatic heterocycles. The maximum Gasteiger partial charge on any atom is 0.341 e. The summed E-state index contributed by atoms with van der Waals surface area (Å²) in [5, 5.41) is 9.01. The lowest BCUT2D eigenvalue weighted by Gasteiger charge is -1.98. The normalized spacial score (nSPS) is 21.2. The van der Waals surface area contributed by atoms with Gasteiger partial charge in [-0.2, -0.15) is 0 Å². The van der Waals surface area contributed by atoms with Crippen molar-refractivity contribution in [2.75, 3.05) is 0 Å². The first-order valence-corrected chi connectivity index (χ1v) is 3.93. The zero-order valence-corrected chi connectivity index (χ0v) is 6.81. The number of hydrogen-bond acceptors (Lipinski definition) is 3. The van der Waals surface area contributed by atoms with Crippen LogP contribution in [0.4, 0.5) is 0 Å². The molecule has 0 saturated carbocycles. The Hall–Kier alpha value is -1.61. The van der Waals surface area contributed by atoms with Crippen molar-refractivity contribution >= 4 is 11.5 Å². The zero-order chi connectivity index (χ0) is 9.26. The van der Waals surface area contributed by atoms with Gasteiger partial charge < -0.3 is 9.84 Å². The lowest BCUT2D eigenvalue weighted by molar-refractivity contribution is -0.149. The van der Waals surface area contributed by atoms with Gasteiger partial charge in [0.25, 0.3) is 0 Å². The van der Waals surface area contributed by atoms with E-state index in [1.54, 1.807) is 12.1 Å². The minimum atomic E-state index is -1.09. The van der Waals surface area contributed by atoms with Gasteiger partial charge in [-0.05, 0) is 11.6 Å². The Bertz CT molecular complexity index is 354. The molecule has 1 heterocycles. The summed E-state index contributed by atoms with van der Waals surface area (Å²) in [6.45, 7) is 0. The number of carbonyl (C=O) groups is 1. The Morgan fingerprint density at radius 1 is 1.23 bits per heavy atom. The van der Waals surface area contributed by atoms with Crippen LogP contribution in [-0.2, 0) is 9.53 Å². The van der Waals surface area contributed by atoms with E-state index < -0.39 is 12.3 Å². The number of benzene rings is 1. The highest BCUT2D eigenvalue weighted by molar-refractivity contribution is 6.18. The molecule has 0 radical (unpaired) electrons. The average Bonchev–Trinajstić information content (AvgIpc) is 2.47. The van der Waals surface area contributed by atoms with Gasteiger partial charge in [-0.3, -0.25) is 0 Å². The first-order chi connectivity index (χ1) is 6.27. The second-order valence-electron chi connectivity index (χ2n) is 2.74. The first kappa shape index (κ1) is 8.01. The Morgan fingerprint density at radius 3 is 2.46 bits per heavy atom. The Morgan fingerprint density at radius 2 is 1.92 bits per heavy atom. The molecule has 3 heteroatoms. The summed E-state index contributed by atoms with van der Waals surface area (Å²) in [5.41, 5.74) is 1.19. The van der Waals surface area contributed by atoms with Crippen molar-refractivity contribution in [1.29, 1.82) is 0 Å². The minimum Gasteiger partial charge on any atom is -0.428 e. The van der Waals surface area contributed by atoms with Gasteiger partial charge in [0.15, 0.2) is 0 Å². The maximum atomic E-state index is 11.1. The number of cyclic esters (lactones) is 1. The molecule has 1 aromatic carbocycles. The zero-order valence-electron chi connectivity index (χ0n) is 6.81. The molecule has 0 amide bonds. The van der Waals surface area contributed by atoms with Gasteiger partial charge in [0, 0.05) is 0 Å². The van der Waals surface area contributed by atoms with E-state index in [0.29, 0.717) is 5.57 Å². The second-order valence-corrected chi connectivity index (χ2v) is 2.74. The Balaban J connectivity index is 2.37. The molecule has 13 heavy (non-hydrogen) atoms.